The van der Waals surface area contributed by atoms with Gasteiger partial charge in [-0.2, -0.15) is 0 Å². The molecule has 1 aliphatic heterocycles. The monoisotopic (exact) mass is 524 g/mol. The number of sulfonamides is 1. The first-order valence-electron chi connectivity index (χ1n) is 7.41. The van der Waals surface area contributed by atoms with Crippen molar-refractivity contribution in [2.45, 2.75) is 52.3 Å². The van der Waals surface area contributed by atoms with Gasteiger partial charge in [0, 0.05) is 16.9 Å². The Morgan fingerprint density at radius 1 is 1.46 bits per heavy atom. The van der Waals surface area contributed by atoms with Gasteiger partial charge in [0.15, 0.2) is 9.84 Å². The van der Waals surface area contributed by atoms with Gasteiger partial charge in [-0.3, -0.25) is 0 Å². The molecule has 1 aromatic rings. The summed E-state index contributed by atoms with van der Waals surface area (Å²) in [4.78, 5) is 0. The van der Waals surface area contributed by atoms with Crippen molar-refractivity contribution >= 4 is 64.1 Å². The molecule has 0 saturated heterocycles. The van der Waals surface area contributed by atoms with Gasteiger partial charge in [-0.05, 0) is 38.3 Å². The van der Waals surface area contributed by atoms with Crippen LogP contribution in [0.15, 0.2) is 14.5 Å². The Balaban J connectivity index is 0.00000288. The van der Waals surface area contributed by atoms with Crippen LogP contribution in [0.4, 0.5) is 0 Å². The second kappa shape index (κ2) is 8.92. The van der Waals surface area contributed by atoms with E-state index >= 15 is 0 Å². The largest absolute Gasteiger partial charge is 0.310 e. The highest BCUT2D eigenvalue weighted by molar-refractivity contribution is 9.09. The van der Waals surface area contributed by atoms with Crippen molar-refractivity contribution in [1.29, 1.82) is 0 Å². The van der Waals surface area contributed by atoms with Gasteiger partial charge in [0.25, 0.3) is 0 Å². The lowest BCUT2D eigenvalue weighted by Crippen LogP contribution is -2.35. The molecule has 0 fully saturated rings. The second-order valence-corrected chi connectivity index (χ2v) is 11.7. The quantitative estimate of drug-likeness (QED) is 0.532. The highest BCUT2D eigenvalue weighted by Gasteiger charge is 2.41. The molecule has 2 heterocycles. The van der Waals surface area contributed by atoms with Crippen LogP contribution in [0.3, 0.4) is 0 Å². The minimum absolute atomic E-state index is 0. The van der Waals surface area contributed by atoms with E-state index in [2.05, 4.69) is 21.2 Å². The number of primary sulfonamides is 1. The zero-order chi connectivity index (χ0) is 17.3. The first-order chi connectivity index (χ1) is 10.7. The third kappa shape index (κ3) is 4.80. The summed E-state index contributed by atoms with van der Waals surface area (Å²) in [5, 5.41) is 8.76. The zero-order valence-corrected chi connectivity index (χ0v) is 18.9. The maximum absolute atomic E-state index is 12.8. The SMILES string of the molecule is Br.CCCNC1CC(CCCBr)S(=O)(=O)c2sc(S(N)(=O)=O)cc21. The van der Waals surface area contributed by atoms with E-state index in [0.29, 0.717) is 18.4 Å². The van der Waals surface area contributed by atoms with Crippen molar-refractivity contribution in [2.75, 3.05) is 11.9 Å². The molecule has 0 spiro atoms. The summed E-state index contributed by atoms with van der Waals surface area (Å²) < 4.78 is 48.9. The van der Waals surface area contributed by atoms with Gasteiger partial charge in [0.1, 0.15) is 8.42 Å². The smallest absolute Gasteiger partial charge is 0.247 e. The summed E-state index contributed by atoms with van der Waals surface area (Å²) in [6.07, 6.45) is 2.69. The average molecular weight is 526 g/mol. The molecular weight excluding hydrogens is 504 g/mol. The predicted octanol–water partition coefficient (Wildman–Crippen LogP) is 2.74. The van der Waals surface area contributed by atoms with Crippen LogP contribution >= 0.6 is 44.2 Å². The number of fused-ring (bicyclic) bond motifs is 1. The van der Waals surface area contributed by atoms with Crippen molar-refractivity contribution in [3.63, 3.8) is 0 Å². The second-order valence-electron chi connectivity index (χ2n) is 5.59. The predicted molar refractivity (Wildman–Crippen MR) is 106 cm³/mol. The number of sulfone groups is 1. The summed E-state index contributed by atoms with van der Waals surface area (Å²) >= 11 is 4.10. The Kier molecular flexibility index (Phi) is 8.37. The summed E-state index contributed by atoms with van der Waals surface area (Å²) in [6.45, 7) is 2.77. The third-order valence-corrected chi connectivity index (χ3v) is 9.79. The van der Waals surface area contributed by atoms with E-state index in [4.69, 9.17) is 5.14 Å². The Morgan fingerprint density at radius 2 is 2.12 bits per heavy atom. The van der Waals surface area contributed by atoms with Gasteiger partial charge in [-0.1, -0.05) is 22.9 Å². The summed E-state index contributed by atoms with van der Waals surface area (Å²) in [7, 11) is -7.42. The van der Waals surface area contributed by atoms with Crippen LogP contribution in [0, 0.1) is 0 Å². The molecule has 0 aromatic carbocycles. The first kappa shape index (κ1) is 22.5. The van der Waals surface area contributed by atoms with Crippen molar-refractivity contribution in [3.05, 3.63) is 11.6 Å². The number of nitrogens with two attached hydrogens (primary N) is 1. The zero-order valence-electron chi connectivity index (χ0n) is 13.2. The number of hydrogen-bond donors (Lipinski definition) is 2. The van der Waals surface area contributed by atoms with Gasteiger partial charge < -0.3 is 5.32 Å². The number of thiophene rings is 1. The average Bonchev–Trinajstić information content (AvgIpc) is 2.92. The van der Waals surface area contributed by atoms with Crippen LogP contribution in [0.25, 0.3) is 0 Å². The van der Waals surface area contributed by atoms with Crippen molar-refractivity contribution in [1.82, 2.24) is 5.32 Å². The van der Waals surface area contributed by atoms with E-state index in [-0.39, 0.29) is 31.4 Å². The first-order valence-corrected chi connectivity index (χ1v) is 12.4. The Bertz CT molecular complexity index is 762. The minimum atomic E-state index is -3.91. The van der Waals surface area contributed by atoms with Gasteiger partial charge in [-0.25, -0.2) is 22.0 Å². The van der Waals surface area contributed by atoms with Gasteiger partial charge >= 0.3 is 0 Å². The van der Waals surface area contributed by atoms with E-state index in [9.17, 15) is 16.8 Å². The Morgan fingerprint density at radius 3 is 2.67 bits per heavy atom. The maximum atomic E-state index is 12.8. The lowest BCUT2D eigenvalue weighted by molar-refractivity contribution is 0.448. The Labute approximate surface area is 166 Å². The number of nitrogens with one attached hydrogen (secondary N) is 1. The molecule has 0 aliphatic carbocycles. The molecular formula is C13H22Br2N2O4S3. The molecule has 0 radical (unpaired) electrons. The molecule has 0 amide bonds. The fourth-order valence-corrected chi connectivity index (χ4v) is 7.80. The molecule has 11 heteroatoms. The molecule has 2 atom stereocenters. The highest BCUT2D eigenvalue weighted by atomic mass is 79.9. The highest BCUT2D eigenvalue weighted by Crippen LogP contribution is 2.43. The molecule has 0 saturated carbocycles. The summed E-state index contributed by atoms with van der Waals surface area (Å²) in [5.41, 5.74) is 0.544. The summed E-state index contributed by atoms with van der Waals surface area (Å²) in [5.74, 6) is 0. The molecule has 2 rings (SSSR count). The Hall–Kier alpha value is 0.480. The van der Waals surface area contributed by atoms with E-state index in [1.54, 1.807) is 0 Å². The van der Waals surface area contributed by atoms with Crippen LogP contribution in [0.1, 0.15) is 44.2 Å². The number of halogens is 2. The van der Waals surface area contributed by atoms with Crippen molar-refractivity contribution < 1.29 is 16.8 Å². The standard InChI is InChI=1S/C13H21BrN2O4S3.BrH/c1-2-6-16-11-7-9(4-3-5-14)22(17,18)13-10(11)8-12(21-13)23(15,19)20;/h8-9,11,16H,2-7H2,1H3,(H2,15,19,20);1H. The van der Waals surface area contributed by atoms with E-state index in [1.165, 1.54) is 6.07 Å². The molecule has 140 valence electrons. The molecule has 1 aliphatic rings. The number of rotatable bonds is 7. The van der Waals surface area contributed by atoms with E-state index in [1.807, 2.05) is 6.92 Å². The van der Waals surface area contributed by atoms with Crippen LogP contribution in [0.2, 0.25) is 0 Å². The van der Waals surface area contributed by atoms with Crippen LogP contribution in [-0.4, -0.2) is 34.0 Å². The molecule has 3 N–H and O–H groups in total. The van der Waals surface area contributed by atoms with E-state index in [0.717, 1.165) is 36.1 Å². The number of hydrogen-bond acceptors (Lipinski definition) is 6. The topological polar surface area (TPSA) is 106 Å². The van der Waals surface area contributed by atoms with Crippen molar-refractivity contribution in [2.24, 2.45) is 5.14 Å². The van der Waals surface area contributed by atoms with Crippen LogP contribution < -0.4 is 10.5 Å². The third-order valence-electron chi connectivity index (χ3n) is 3.85. The number of alkyl halides is 1. The van der Waals surface area contributed by atoms with Crippen LogP contribution in [0.5, 0.6) is 0 Å². The van der Waals surface area contributed by atoms with Crippen molar-refractivity contribution in [3.8, 4) is 0 Å². The molecule has 6 nitrogen and oxygen atoms in total. The van der Waals surface area contributed by atoms with Gasteiger partial charge in [-0.15, -0.1) is 28.3 Å². The fourth-order valence-electron chi connectivity index (χ4n) is 2.73. The van der Waals surface area contributed by atoms with Crippen LogP contribution in [-0.2, 0) is 19.9 Å². The molecule has 2 unspecified atom stereocenters. The van der Waals surface area contributed by atoms with Gasteiger partial charge in [0.05, 0.1) is 5.25 Å². The van der Waals surface area contributed by atoms with E-state index < -0.39 is 25.1 Å². The molecule has 0 bridgehead atoms. The molecule has 24 heavy (non-hydrogen) atoms. The normalized spacial score (nSPS) is 22.6. The maximum Gasteiger partial charge on any atom is 0.247 e. The fraction of sp³-hybridized carbons (Fsp3) is 0.692. The molecule has 1 aromatic heterocycles. The minimum Gasteiger partial charge on any atom is -0.310 e. The summed E-state index contributed by atoms with van der Waals surface area (Å²) in [6, 6.07) is 1.27. The lowest BCUT2D eigenvalue weighted by Gasteiger charge is -2.30. The lowest BCUT2D eigenvalue weighted by atomic mass is 10.0. The van der Waals surface area contributed by atoms with Gasteiger partial charge in [0.2, 0.25) is 10.0 Å².